The molecule has 0 bridgehead atoms. The molecule has 0 saturated carbocycles. The molecule has 0 spiro atoms. The van der Waals surface area contributed by atoms with Crippen molar-refractivity contribution in [3.8, 4) is 0 Å². The topological polar surface area (TPSA) is 100 Å². The van der Waals surface area contributed by atoms with Crippen molar-refractivity contribution in [2.45, 2.75) is 18.9 Å². The molecule has 1 aliphatic rings. The van der Waals surface area contributed by atoms with E-state index in [1.807, 2.05) is 0 Å². The van der Waals surface area contributed by atoms with Crippen LogP contribution in [0.5, 0.6) is 0 Å². The molecule has 1 saturated heterocycles. The maximum absolute atomic E-state index is 14.4. The van der Waals surface area contributed by atoms with Crippen molar-refractivity contribution in [2.24, 2.45) is 7.05 Å². The fourth-order valence-corrected chi connectivity index (χ4v) is 3.79. The van der Waals surface area contributed by atoms with Crippen LogP contribution in [0.1, 0.15) is 29.0 Å². The second-order valence-corrected chi connectivity index (χ2v) is 7.97. The van der Waals surface area contributed by atoms with Crippen LogP contribution in [0.4, 0.5) is 24.8 Å². The number of benzene rings is 1. The smallest absolute Gasteiger partial charge is 0.356 e. The molecular weight excluding hydrogens is 451 g/mol. The van der Waals surface area contributed by atoms with Gasteiger partial charge in [0.05, 0.1) is 35.7 Å². The van der Waals surface area contributed by atoms with Crippen LogP contribution in [0.25, 0.3) is 10.9 Å². The van der Waals surface area contributed by atoms with Crippen LogP contribution in [0.2, 0.25) is 5.15 Å². The highest BCUT2D eigenvalue weighted by Gasteiger charge is 2.45. The Morgan fingerprint density at radius 3 is 2.59 bits per heavy atom. The van der Waals surface area contributed by atoms with Gasteiger partial charge in [0, 0.05) is 12.6 Å². The van der Waals surface area contributed by atoms with Gasteiger partial charge in [-0.2, -0.15) is 0 Å². The molecule has 2 aromatic heterocycles. The van der Waals surface area contributed by atoms with Crippen molar-refractivity contribution in [1.82, 2.24) is 14.5 Å². The summed E-state index contributed by atoms with van der Waals surface area (Å²) >= 11 is 5.78. The molecule has 2 N–H and O–H groups in total. The lowest BCUT2D eigenvalue weighted by molar-refractivity contribution is -0.0275. The van der Waals surface area contributed by atoms with E-state index in [0.717, 1.165) is 16.7 Å². The number of fused-ring (bicyclic) bond motifs is 1. The van der Waals surface area contributed by atoms with Gasteiger partial charge in [-0.25, -0.2) is 27.9 Å². The average Bonchev–Trinajstić information content (AvgIpc) is 2.69. The van der Waals surface area contributed by atoms with Gasteiger partial charge in [-0.15, -0.1) is 0 Å². The number of rotatable bonds is 5. The minimum absolute atomic E-state index is 0.0158. The van der Waals surface area contributed by atoms with Crippen LogP contribution in [0.15, 0.2) is 29.1 Å². The Morgan fingerprint density at radius 2 is 1.97 bits per heavy atom. The summed E-state index contributed by atoms with van der Waals surface area (Å²) < 4.78 is 42.2. The lowest BCUT2D eigenvalue weighted by Gasteiger charge is -2.40. The van der Waals surface area contributed by atoms with E-state index in [4.69, 9.17) is 11.6 Å². The molecule has 1 fully saturated rings. The number of anilines is 2. The number of pyridine rings is 1. The minimum Gasteiger partial charge on any atom is -0.476 e. The maximum atomic E-state index is 14.4. The van der Waals surface area contributed by atoms with Crippen LogP contribution < -0.4 is 15.8 Å². The number of alkyl halides is 2. The number of carbonyl (C=O) groups is 1. The molecule has 4 rings (SSSR count). The molecule has 168 valence electrons. The molecule has 8 nitrogen and oxygen atoms in total. The van der Waals surface area contributed by atoms with E-state index < -0.39 is 42.4 Å². The first-order valence-corrected chi connectivity index (χ1v) is 9.84. The zero-order valence-corrected chi connectivity index (χ0v) is 17.6. The first-order chi connectivity index (χ1) is 15.0. The van der Waals surface area contributed by atoms with Gasteiger partial charge >= 0.3 is 5.97 Å². The summed E-state index contributed by atoms with van der Waals surface area (Å²) in [5.74, 6) is -4.86. The molecule has 1 aromatic carbocycles. The lowest BCUT2D eigenvalue weighted by atomic mass is 10.0. The third-order valence-corrected chi connectivity index (χ3v) is 5.39. The Morgan fingerprint density at radius 1 is 1.28 bits per heavy atom. The van der Waals surface area contributed by atoms with Gasteiger partial charge in [-0.1, -0.05) is 11.6 Å². The molecule has 1 atom stereocenters. The van der Waals surface area contributed by atoms with Gasteiger partial charge in [-0.05, 0) is 31.2 Å². The molecule has 1 aliphatic heterocycles. The lowest BCUT2D eigenvalue weighted by Crippen LogP contribution is -2.57. The van der Waals surface area contributed by atoms with Crippen molar-refractivity contribution < 1.29 is 23.1 Å². The standard InChI is InChI=1S/C20H17ClF3N5O3/c1-9(25-13-3-4-14(21)26-16(13)18(31)32)11-5-10(22)6-12-15(11)27-19(28(2)17(12)30)29-7-20(23,24)8-29/h3-6,9,25H,7-8H2,1-2H3,(H,31,32). The van der Waals surface area contributed by atoms with Crippen LogP contribution >= 0.6 is 11.6 Å². The third kappa shape index (κ3) is 3.83. The Bertz CT molecular complexity index is 1310. The molecule has 3 heterocycles. The largest absolute Gasteiger partial charge is 0.476 e. The Hall–Kier alpha value is -3.34. The molecule has 12 heteroatoms. The fourth-order valence-electron chi connectivity index (χ4n) is 3.65. The van der Waals surface area contributed by atoms with Gasteiger partial charge < -0.3 is 15.3 Å². The normalized spacial score (nSPS) is 16.0. The van der Waals surface area contributed by atoms with E-state index in [-0.39, 0.29) is 38.9 Å². The van der Waals surface area contributed by atoms with Gasteiger partial charge in [0.1, 0.15) is 11.0 Å². The summed E-state index contributed by atoms with van der Waals surface area (Å²) in [6.07, 6.45) is 0. The number of nitrogens with zero attached hydrogens (tertiary/aromatic N) is 4. The Balaban J connectivity index is 1.81. The molecule has 3 aromatic rings. The van der Waals surface area contributed by atoms with E-state index in [2.05, 4.69) is 15.3 Å². The summed E-state index contributed by atoms with van der Waals surface area (Å²) in [6, 6.07) is 4.27. The zero-order chi connectivity index (χ0) is 23.4. The molecule has 1 unspecified atom stereocenters. The zero-order valence-electron chi connectivity index (χ0n) is 16.9. The van der Waals surface area contributed by atoms with Gasteiger partial charge in [0.15, 0.2) is 5.69 Å². The van der Waals surface area contributed by atoms with Crippen molar-refractivity contribution in [3.63, 3.8) is 0 Å². The van der Waals surface area contributed by atoms with Crippen LogP contribution in [-0.2, 0) is 7.05 Å². The number of hydrogen-bond donors (Lipinski definition) is 2. The average molecular weight is 468 g/mol. The number of aromatic carboxylic acids is 1. The van der Waals surface area contributed by atoms with Gasteiger partial charge in [-0.3, -0.25) is 9.36 Å². The second kappa shape index (κ2) is 7.66. The van der Waals surface area contributed by atoms with Crippen molar-refractivity contribution in [1.29, 1.82) is 0 Å². The van der Waals surface area contributed by atoms with E-state index in [1.54, 1.807) is 6.92 Å². The highest BCUT2D eigenvalue weighted by molar-refractivity contribution is 6.29. The van der Waals surface area contributed by atoms with Crippen LogP contribution in [0, 0.1) is 5.82 Å². The van der Waals surface area contributed by atoms with E-state index in [0.29, 0.717) is 0 Å². The van der Waals surface area contributed by atoms with E-state index in [1.165, 1.54) is 24.1 Å². The number of carboxylic acids is 1. The molecule has 0 radical (unpaired) electrons. The summed E-state index contributed by atoms with van der Waals surface area (Å²) in [4.78, 5) is 33.8. The van der Waals surface area contributed by atoms with Crippen LogP contribution in [-0.4, -0.2) is 44.6 Å². The highest BCUT2D eigenvalue weighted by Crippen LogP contribution is 2.32. The molecule has 0 aliphatic carbocycles. The third-order valence-electron chi connectivity index (χ3n) is 5.18. The first kappa shape index (κ1) is 21.9. The molecule has 32 heavy (non-hydrogen) atoms. The predicted octanol–water partition coefficient (Wildman–Crippen LogP) is 3.45. The Labute approximate surface area is 184 Å². The number of halogens is 4. The number of carboxylic acid groups (broad SMARTS) is 1. The first-order valence-electron chi connectivity index (χ1n) is 9.46. The quantitative estimate of drug-likeness (QED) is 0.554. The maximum Gasteiger partial charge on any atom is 0.356 e. The summed E-state index contributed by atoms with van der Waals surface area (Å²) in [6.45, 7) is 0.453. The number of aromatic nitrogens is 3. The molecular formula is C20H17ClF3N5O3. The van der Waals surface area contributed by atoms with Gasteiger partial charge in [0.25, 0.3) is 11.5 Å². The monoisotopic (exact) mass is 467 g/mol. The van der Waals surface area contributed by atoms with Crippen molar-refractivity contribution >= 4 is 40.1 Å². The summed E-state index contributed by atoms with van der Waals surface area (Å²) in [7, 11) is 1.38. The summed E-state index contributed by atoms with van der Waals surface area (Å²) in [5.41, 5.74) is -0.431. The summed E-state index contributed by atoms with van der Waals surface area (Å²) in [5, 5.41) is 12.3. The van der Waals surface area contributed by atoms with E-state index in [9.17, 15) is 27.9 Å². The SMILES string of the molecule is CC(Nc1ccc(Cl)nc1C(=O)O)c1cc(F)cc2c(=O)n(C)c(N3CC(F)(F)C3)nc12. The predicted molar refractivity (Wildman–Crippen MR) is 112 cm³/mol. The van der Waals surface area contributed by atoms with Crippen molar-refractivity contribution in [3.05, 3.63) is 56.8 Å². The number of hydrogen-bond acceptors (Lipinski definition) is 6. The van der Waals surface area contributed by atoms with E-state index >= 15 is 0 Å². The highest BCUT2D eigenvalue weighted by atomic mass is 35.5. The second-order valence-electron chi connectivity index (χ2n) is 7.58. The number of nitrogens with one attached hydrogen (secondary N) is 1. The van der Waals surface area contributed by atoms with Crippen LogP contribution in [0.3, 0.4) is 0 Å². The molecule has 0 amide bonds. The Kier molecular flexibility index (Phi) is 5.24. The van der Waals surface area contributed by atoms with Crippen molar-refractivity contribution in [2.75, 3.05) is 23.3 Å². The van der Waals surface area contributed by atoms with Gasteiger partial charge in [0.2, 0.25) is 5.95 Å². The minimum atomic E-state index is -2.87. The fraction of sp³-hybridized carbons (Fsp3) is 0.300.